The molecule has 1 heterocycles. The maximum absolute atomic E-state index is 9.21. The Hall–Kier alpha value is -0.130. The van der Waals surface area contributed by atoms with Crippen LogP contribution in [0.1, 0.15) is 19.3 Å². The maximum atomic E-state index is 9.21. The van der Waals surface area contributed by atoms with Crippen molar-refractivity contribution >= 4 is 32.4 Å². The van der Waals surface area contributed by atoms with E-state index in [4.69, 9.17) is 0 Å². The van der Waals surface area contributed by atoms with Gasteiger partial charge in [0.1, 0.15) is 0 Å². The monoisotopic (exact) mass is 262 g/mol. The van der Waals surface area contributed by atoms with E-state index in [0.717, 1.165) is 21.8 Å². The van der Waals surface area contributed by atoms with Crippen LogP contribution in [0.2, 0.25) is 0 Å². The van der Waals surface area contributed by atoms with Gasteiger partial charge in [-0.25, -0.2) is 4.98 Å². The molecule has 0 aliphatic heterocycles. The molecular formula is C8H11BrN2OS. The van der Waals surface area contributed by atoms with Gasteiger partial charge in [-0.05, 0) is 35.2 Å². The highest BCUT2D eigenvalue weighted by molar-refractivity contribution is 9.11. The van der Waals surface area contributed by atoms with E-state index in [0.29, 0.717) is 0 Å². The number of nitrogens with one attached hydrogen (secondary N) is 1. The number of halogens is 1. The van der Waals surface area contributed by atoms with Crippen molar-refractivity contribution in [3.8, 4) is 0 Å². The molecule has 72 valence electrons. The van der Waals surface area contributed by atoms with Crippen molar-refractivity contribution in [3.63, 3.8) is 0 Å². The number of aliphatic hydroxyl groups is 1. The SMILES string of the molecule is OCC1(Nc2ncc(Br)s2)CCC1. The van der Waals surface area contributed by atoms with Gasteiger partial charge in [0.2, 0.25) is 0 Å². The third-order valence-corrected chi connectivity index (χ3v) is 3.85. The summed E-state index contributed by atoms with van der Waals surface area (Å²) < 4.78 is 1.02. The third-order valence-electron chi connectivity index (χ3n) is 2.46. The molecule has 1 aromatic rings. The van der Waals surface area contributed by atoms with Gasteiger partial charge in [-0.15, -0.1) is 0 Å². The van der Waals surface area contributed by atoms with Crippen LogP contribution in [0.3, 0.4) is 0 Å². The molecule has 0 aromatic carbocycles. The highest BCUT2D eigenvalue weighted by Crippen LogP contribution is 2.36. The molecule has 1 fully saturated rings. The molecule has 0 saturated heterocycles. The predicted molar refractivity (Wildman–Crippen MR) is 57.1 cm³/mol. The van der Waals surface area contributed by atoms with Crippen LogP contribution >= 0.6 is 27.3 Å². The molecule has 0 amide bonds. The van der Waals surface area contributed by atoms with Crippen molar-refractivity contribution in [3.05, 3.63) is 9.98 Å². The quantitative estimate of drug-likeness (QED) is 0.879. The van der Waals surface area contributed by atoms with Crippen molar-refractivity contribution in [1.29, 1.82) is 0 Å². The topological polar surface area (TPSA) is 45.1 Å². The Morgan fingerprint density at radius 1 is 1.69 bits per heavy atom. The van der Waals surface area contributed by atoms with Crippen molar-refractivity contribution < 1.29 is 5.11 Å². The molecule has 0 bridgehead atoms. The Morgan fingerprint density at radius 2 is 2.46 bits per heavy atom. The van der Waals surface area contributed by atoms with Crippen LogP contribution in [0.25, 0.3) is 0 Å². The summed E-state index contributed by atoms with van der Waals surface area (Å²) in [6, 6.07) is 0. The molecule has 1 aliphatic rings. The zero-order chi connectivity index (χ0) is 9.31. The Labute approximate surface area is 89.3 Å². The highest BCUT2D eigenvalue weighted by atomic mass is 79.9. The zero-order valence-corrected chi connectivity index (χ0v) is 9.49. The van der Waals surface area contributed by atoms with Crippen LogP contribution < -0.4 is 5.32 Å². The molecule has 0 atom stereocenters. The number of anilines is 1. The normalized spacial score (nSPS) is 19.5. The number of rotatable bonds is 3. The van der Waals surface area contributed by atoms with Crippen molar-refractivity contribution in [2.75, 3.05) is 11.9 Å². The van der Waals surface area contributed by atoms with Crippen LogP contribution in [0.15, 0.2) is 9.98 Å². The van der Waals surface area contributed by atoms with Gasteiger partial charge in [-0.3, -0.25) is 0 Å². The lowest BCUT2D eigenvalue weighted by Crippen LogP contribution is -2.48. The van der Waals surface area contributed by atoms with Gasteiger partial charge in [-0.1, -0.05) is 11.3 Å². The van der Waals surface area contributed by atoms with E-state index in [2.05, 4.69) is 26.2 Å². The molecule has 3 nitrogen and oxygen atoms in total. The zero-order valence-electron chi connectivity index (χ0n) is 7.09. The summed E-state index contributed by atoms with van der Waals surface area (Å²) >= 11 is 4.92. The van der Waals surface area contributed by atoms with Crippen molar-refractivity contribution in [1.82, 2.24) is 4.98 Å². The smallest absolute Gasteiger partial charge is 0.184 e. The van der Waals surface area contributed by atoms with E-state index < -0.39 is 0 Å². The molecule has 0 spiro atoms. The van der Waals surface area contributed by atoms with Crippen molar-refractivity contribution in [2.24, 2.45) is 0 Å². The summed E-state index contributed by atoms with van der Waals surface area (Å²) in [5.41, 5.74) is -0.0860. The van der Waals surface area contributed by atoms with Crippen molar-refractivity contribution in [2.45, 2.75) is 24.8 Å². The molecular weight excluding hydrogens is 252 g/mol. The summed E-state index contributed by atoms with van der Waals surface area (Å²) in [4.78, 5) is 4.18. The summed E-state index contributed by atoms with van der Waals surface area (Å²) in [5.74, 6) is 0. The maximum Gasteiger partial charge on any atom is 0.184 e. The predicted octanol–water partition coefficient (Wildman–Crippen LogP) is 2.23. The van der Waals surface area contributed by atoms with Crippen LogP contribution in [0.4, 0.5) is 5.13 Å². The lowest BCUT2D eigenvalue weighted by Gasteiger charge is -2.40. The molecule has 0 unspecified atom stereocenters. The first-order chi connectivity index (χ1) is 6.24. The molecule has 1 saturated carbocycles. The molecule has 13 heavy (non-hydrogen) atoms. The van der Waals surface area contributed by atoms with Crippen LogP contribution in [0.5, 0.6) is 0 Å². The fraction of sp³-hybridized carbons (Fsp3) is 0.625. The van der Waals surface area contributed by atoms with Gasteiger partial charge < -0.3 is 10.4 Å². The lowest BCUT2D eigenvalue weighted by atomic mass is 9.77. The van der Waals surface area contributed by atoms with E-state index in [9.17, 15) is 5.11 Å². The van der Waals surface area contributed by atoms with E-state index >= 15 is 0 Å². The number of hydrogen-bond acceptors (Lipinski definition) is 4. The minimum absolute atomic E-state index is 0.0860. The van der Waals surface area contributed by atoms with E-state index in [-0.39, 0.29) is 12.1 Å². The fourth-order valence-corrected chi connectivity index (χ4v) is 2.69. The number of nitrogens with zero attached hydrogens (tertiary/aromatic N) is 1. The largest absolute Gasteiger partial charge is 0.394 e. The number of aromatic nitrogens is 1. The molecule has 1 aliphatic carbocycles. The lowest BCUT2D eigenvalue weighted by molar-refractivity contribution is 0.144. The first kappa shape index (κ1) is 9.43. The molecule has 2 N–H and O–H groups in total. The second-order valence-electron chi connectivity index (χ2n) is 3.39. The van der Waals surface area contributed by atoms with Crippen LogP contribution in [-0.4, -0.2) is 22.2 Å². The fourth-order valence-electron chi connectivity index (χ4n) is 1.47. The number of thiazole rings is 1. The Balaban J connectivity index is 2.04. The van der Waals surface area contributed by atoms with Crippen LogP contribution in [0, 0.1) is 0 Å². The number of hydrogen-bond donors (Lipinski definition) is 2. The Morgan fingerprint density at radius 3 is 2.85 bits per heavy atom. The molecule has 0 radical (unpaired) electrons. The highest BCUT2D eigenvalue weighted by Gasteiger charge is 2.36. The average molecular weight is 263 g/mol. The summed E-state index contributed by atoms with van der Waals surface area (Å²) in [6.45, 7) is 0.199. The Kier molecular flexibility index (Phi) is 2.58. The van der Waals surface area contributed by atoms with Gasteiger partial charge in [0.05, 0.1) is 22.1 Å². The minimum Gasteiger partial charge on any atom is -0.394 e. The first-order valence-electron chi connectivity index (χ1n) is 4.24. The summed E-state index contributed by atoms with van der Waals surface area (Å²) in [7, 11) is 0. The second-order valence-corrected chi connectivity index (χ2v) is 5.80. The standard InChI is InChI=1S/C8H11BrN2OS/c9-6-4-10-7(13-6)11-8(5-12)2-1-3-8/h4,12H,1-3,5H2,(H,10,11). The molecule has 2 rings (SSSR count). The van der Waals surface area contributed by atoms with Gasteiger partial charge in [0.25, 0.3) is 0 Å². The second kappa shape index (κ2) is 3.55. The first-order valence-corrected chi connectivity index (χ1v) is 5.85. The van der Waals surface area contributed by atoms with Gasteiger partial charge >= 0.3 is 0 Å². The summed E-state index contributed by atoms with van der Waals surface area (Å²) in [5, 5.41) is 13.4. The summed E-state index contributed by atoms with van der Waals surface area (Å²) in [6.07, 6.45) is 5.05. The van der Waals surface area contributed by atoms with E-state index in [1.165, 1.54) is 6.42 Å². The van der Waals surface area contributed by atoms with E-state index in [1.807, 2.05) is 0 Å². The average Bonchev–Trinajstić information content (AvgIpc) is 2.44. The van der Waals surface area contributed by atoms with Gasteiger partial charge in [0.15, 0.2) is 5.13 Å². The number of aliphatic hydroxyl groups excluding tert-OH is 1. The third kappa shape index (κ3) is 1.87. The van der Waals surface area contributed by atoms with Gasteiger partial charge in [-0.2, -0.15) is 0 Å². The molecule has 1 aromatic heterocycles. The van der Waals surface area contributed by atoms with Gasteiger partial charge in [0, 0.05) is 0 Å². The Bertz CT molecular complexity index is 293. The van der Waals surface area contributed by atoms with Crippen LogP contribution in [-0.2, 0) is 0 Å². The van der Waals surface area contributed by atoms with E-state index in [1.54, 1.807) is 17.5 Å². The molecule has 5 heteroatoms. The minimum atomic E-state index is -0.0860.